The zero-order chi connectivity index (χ0) is 19.2. The van der Waals surface area contributed by atoms with Gasteiger partial charge in [0.2, 0.25) is 11.8 Å². The summed E-state index contributed by atoms with van der Waals surface area (Å²) in [5.74, 6) is 1.13. The summed E-state index contributed by atoms with van der Waals surface area (Å²) < 4.78 is 5.64. The van der Waals surface area contributed by atoms with E-state index in [1.165, 1.54) is 6.42 Å². The fourth-order valence-corrected chi connectivity index (χ4v) is 4.15. The Morgan fingerprint density at radius 1 is 1.07 bits per heavy atom. The third-order valence-electron chi connectivity index (χ3n) is 5.55. The molecule has 1 aliphatic heterocycles. The number of amides is 2. The molecule has 27 heavy (non-hydrogen) atoms. The number of hydrogen-bond donors (Lipinski definition) is 1. The maximum Gasteiger partial charge on any atom is 0.243 e. The van der Waals surface area contributed by atoms with Gasteiger partial charge in [0.15, 0.2) is 0 Å². The summed E-state index contributed by atoms with van der Waals surface area (Å²) >= 11 is 0. The van der Waals surface area contributed by atoms with Crippen molar-refractivity contribution >= 4 is 11.8 Å². The molecule has 0 bridgehead atoms. The van der Waals surface area contributed by atoms with Crippen LogP contribution in [0.25, 0.3) is 0 Å². The molecule has 0 aromatic heterocycles. The summed E-state index contributed by atoms with van der Waals surface area (Å²) in [6.45, 7) is 5.18. The molecule has 2 amide bonds. The molecular formula is C22H32N2O3. The van der Waals surface area contributed by atoms with E-state index >= 15 is 0 Å². The Morgan fingerprint density at radius 3 is 2.44 bits per heavy atom. The first kappa shape index (κ1) is 19.7. The van der Waals surface area contributed by atoms with Gasteiger partial charge >= 0.3 is 0 Å². The van der Waals surface area contributed by atoms with Gasteiger partial charge in [-0.15, -0.1) is 0 Å². The van der Waals surface area contributed by atoms with Gasteiger partial charge in [-0.25, -0.2) is 0 Å². The van der Waals surface area contributed by atoms with Gasteiger partial charge in [0.05, 0.1) is 6.10 Å². The quantitative estimate of drug-likeness (QED) is 0.829. The maximum atomic E-state index is 12.8. The van der Waals surface area contributed by atoms with Crippen LogP contribution in [-0.2, 0) is 16.1 Å². The average molecular weight is 373 g/mol. The highest BCUT2D eigenvalue weighted by Gasteiger charge is 2.37. The SMILES string of the molecule is CC(C)Oc1ccc(CNC(=O)C2CCCN2C(=O)C2CCCCC2)cc1. The number of benzene rings is 1. The Balaban J connectivity index is 1.52. The molecule has 1 aliphatic carbocycles. The summed E-state index contributed by atoms with van der Waals surface area (Å²) in [6, 6.07) is 7.49. The van der Waals surface area contributed by atoms with Crippen molar-refractivity contribution < 1.29 is 14.3 Å². The molecule has 1 atom stereocenters. The third-order valence-corrected chi connectivity index (χ3v) is 5.55. The molecule has 1 unspecified atom stereocenters. The van der Waals surface area contributed by atoms with Crippen molar-refractivity contribution in [3.8, 4) is 5.75 Å². The molecule has 5 heteroatoms. The topological polar surface area (TPSA) is 58.6 Å². The molecular weight excluding hydrogens is 340 g/mol. The molecule has 1 aromatic carbocycles. The Bertz CT molecular complexity index is 635. The van der Waals surface area contributed by atoms with Gasteiger partial charge in [-0.3, -0.25) is 9.59 Å². The molecule has 0 radical (unpaired) electrons. The normalized spacial score (nSPS) is 20.7. The molecule has 2 fully saturated rings. The average Bonchev–Trinajstić information content (AvgIpc) is 3.17. The number of nitrogens with zero attached hydrogens (tertiary/aromatic N) is 1. The number of nitrogens with one attached hydrogen (secondary N) is 1. The van der Waals surface area contributed by atoms with Crippen molar-refractivity contribution in [2.24, 2.45) is 5.92 Å². The lowest BCUT2D eigenvalue weighted by Crippen LogP contribution is -2.47. The standard InChI is InChI=1S/C22H32N2O3/c1-16(2)27-19-12-10-17(11-13-19)15-23-21(25)20-9-6-14-24(20)22(26)18-7-4-3-5-8-18/h10-13,16,18,20H,3-9,14-15H2,1-2H3,(H,23,25). The van der Waals surface area contributed by atoms with Crippen molar-refractivity contribution in [2.75, 3.05) is 6.54 Å². The fraction of sp³-hybridized carbons (Fsp3) is 0.636. The first-order valence-corrected chi connectivity index (χ1v) is 10.4. The third kappa shape index (κ3) is 5.24. The van der Waals surface area contributed by atoms with Gasteiger partial charge < -0.3 is 15.0 Å². The summed E-state index contributed by atoms with van der Waals surface area (Å²) in [7, 11) is 0. The Labute approximate surface area is 162 Å². The number of likely N-dealkylation sites (tertiary alicyclic amines) is 1. The van der Waals surface area contributed by atoms with Crippen LogP contribution in [0.15, 0.2) is 24.3 Å². The van der Waals surface area contributed by atoms with Gasteiger partial charge in [0.25, 0.3) is 0 Å². The van der Waals surface area contributed by atoms with Crippen molar-refractivity contribution in [3.63, 3.8) is 0 Å². The van der Waals surface area contributed by atoms with E-state index in [2.05, 4.69) is 5.32 Å². The lowest BCUT2D eigenvalue weighted by molar-refractivity contribution is -0.142. The van der Waals surface area contributed by atoms with E-state index in [9.17, 15) is 9.59 Å². The molecule has 3 rings (SSSR count). The van der Waals surface area contributed by atoms with Crippen LogP contribution in [-0.4, -0.2) is 35.4 Å². The lowest BCUT2D eigenvalue weighted by atomic mass is 9.88. The molecule has 1 saturated heterocycles. The van der Waals surface area contributed by atoms with Crippen LogP contribution in [0.3, 0.4) is 0 Å². The number of rotatable bonds is 6. The van der Waals surface area contributed by atoms with E-state index in [1.54, 1.807) is 0 Å². The predicted octanol–water partition coefficient (Wildman–Crippen LogP) is 3.66. The van der Waals surface area contributed by atoms with Crippen molar-refractivity contribution in [1.82, 2.24) is 10.2 Å². The van der Waals surface area contributed by atoms with Crippen LogP contribution in [0.1, 0.15) is 64.4 Å². The van der Waals surface area contributed by atoms with Crippen LogP contribution in [0, 0.1) is 5.92 Å². The highest BCUT2D eigenvalue weighted by atomic mass is 16.5. The Kier molecular flexibility index (Phi) is 6.75. The summed E-state index contributed by atoms with van der Waals surface area (Å²) in [5, 5.41) is 3.02. The lowest BCUT2D eigenvalue weighted by Gasteiger charge is -2.30. The zero-order valence-corrected chi connectivity index (χ0v) is 16.6. The van der Waals surface area contributed by atoms with Crippen molar-refractivity contribution in [1.29, 1.82) is 0 Å². The number of carbonyl (C=O) groups excluding carboxylic acids is 2. The highest BCUT2D eigenvalue weighted by molar-refractivity contribution is 5.89. The minimum atomic E-state index is -0.303. The first-order chi connectivity index (χ1) is 13.0. The Hall–Kier alpha value is -2.04. The second kappa shape index (κ2) is 9.25. The molecule has 5 nitrogen and oxygen atoms in total. The van der Waals surface area contributed by atoms with Gasteiger partial charge in [-0.05, 0) is 57.2 Å². The van der Waals surface area contributed by atoms with Crippen LogP contribution in [0.5, 0.6) is 5.75 Å². The number of ether oxygens (including phenoxy) is 1. The first-order valence-electron chi connectivity index (χ1n) is 10.4. The van der Waals surface area contributed by atoms with Crippen LogP contribution < -0.4 is 10.1 Å². The van der Waals surface area contributed by atoms with Crippen LogP contribution in [0.2, 0.25) is 0 Å². The summed E-state index contributed by atoms with van der Waals surface area (Å²) in [6.07, 6.45) is 7.29. The van der Waals surface area contributed by atoms with Crippen LogP contribution in [0.4, 0.5) is 0 Å². The highest BCUT2D eigenvalue weighted by Crippen LogP contribution is 2.28. The molecule has 1 N–H and O–H groups in total. The fourth-order valence-electron chi connectivity index (χ4n) is 4.15. The number of hydrogen-bond acceptors (Lipinski definition) is 3. The second-order valence-corrected chi connectivity index (χ2v) is 8.05. The maximum absolute atomic E-state index is 12.8. The van der Waals surface area contributed by atoms with Crippen molar-refractivity contribution in [2.45, 2.75) is 77.5 Å². The van der Waals surface area contributed by atoms with E-state index < -0.39 is 0 Å². The van der Waals surface area contributed by atoms with Gasteiger partial charge in [-0.1, -0.05) is 31.4 Å². The van der Waals surface area contributed by atoms with Crippen molar-refractivity contribution in [3.05, 3.63) is 29.8 Å². The van der Waals surface area contributed by atoms with E-state index in [-0.39, 0.29) is 29.9 Å². The summed E-state index contributed by atoms with van der Waals surface area (Å²) in [5.41, 5.74) is 1.03. The monoisotopic (exact) mass is 372 g/mol. The minimum Gasteiger partial charge on any atom is -0.491 e. The second-order valence-electron chi connectivity index (χ2n) is 8.05. The largest absolute Gasteiger partial charge is 0.491 e. The zero-order valence-electron chi connectivity index (χ0n) is 16.6. The predicted molar refractivity (Wildman–Crippen MR) is 105 cm³/mol. The van der Waals surface area contributed by atoms with E-state index in [0.717, 1.165) is 49.8 Å². The molecule has 2 aliphatic rings. The molecule has 1 aromatic rings. The molecule has 1 heterocycles. The van der Waals surface area contributed by atoms with E-state index in [4.69, 9.17) is 4.74 Å². The van der Waals surface area contributed by atoms with Gasteiger partial charge in [0.1, 0.15) is 11.8 Å². The Morgan fingerprint density at radius 2 is 1.78 bits per heavy atom. The van der Waals surface area contributed by atoms with Crippen LogP contribution >= 0.6 is 0 Å². The molecule has 0 spiro atoms. The van der Waals surface area contributed by atoms with Gasteiger partial charge in [-0.2, -0.15) is 0 Å². The summed E-state index contributed by atoms with van der Waals surface area (Å²) in [4.78, 5) is 27.4. The van der Waals surface area contributed by atoms with E-state index in [0.29, 0.717) is 13.1 Å². The van der Waals surface area contributed by atoms with E-state index in [1.807, 2.05) is 43.0 Å². The number of carbonyl (C=O) groups is 2. The smallest absolute Gasteiger partial charge is 0.243 e. The molecule has 1 saturated carbocycles. The minimum absolute atomic E-state index is 0.0285. The molecule has 148 valence electrons. The van der Waals surface area contributed by atoms with Gasteiger partial charge in [0, 0.05) is 19.0 Å².